The molecule has 0 amide bonds. The smallest absolute Gasteiger partial charge is 0.270 e. The maximum Gasteiger partial charge on any atom is 0.270 e. The third-order valence-corrected chi connectivity index (χ3v) is 2.34. The van der Waals surface area contributed by atoms with E-state index in [1.54, 1.807) is 0 Å². The van der Waals surface area contributed by atoms with Gasteiger partial charge in [-0.15, -0.1) is 0 Å². The van der Waals surface area contributed by atoms with Crippen molar-refractivity contribution < 1.29 is 23.5 Å². The van der Waals surface area contributed by atoms with E-state index >= 15 is 0 Å². The molecule has 1 aliphatic rings. The summed E-state index contributed by atoms with van der Waals surface area (Å²) in [5.74, 6) is -2.27. The first-order valence-electron chi connectivity index (χ1n) is 4.70. The van der Waals surface area contributed by atoms with E-state index in [1.807, 2.05) is 5.48 Å². The van der Waals surface area contributed by atoms with Gasteiger partial charge in [0.1, 0.15) is 0 Å². The Hall–Kier alpha value is -1.40. The second-order valence-electron chi connectivity index (χ2n) is 3.59. The van der Waals surface area contributed by atoms with Crippen molar-refractivity contribution in [2.24, 2.45) is 0 Å². The van der Waals surface area contributed by atoms with Crippen LogP contribution in [0.4, 0.5) is 8.78 Å². The lowest BCUT2D eigenvalue weighted by Crippen LogP contribution is -2.15. The van der Waals surface area contributed by atoms with Crippen LogP contribution in [0.2, 0.25) is 0 Å². The summed E-state index contributed by atoms with van der Waals surface area (Å²) < 4.78 is 36.7. The summed E-state index contributed by atoms with van der Waals surface area (Å²) in [5, 5.41) is 8.59. The van der Waals surface area contributed by atoms with Crippen LogP contribution in [0.5, 0.6) is 11.5 Å². The standard InChI is InChI=1S/C10H11F2NO3/c1-10(11,12)7-3-9-8(15-5-16-9)2-6(7)4-13-14/h2-3,13-14H,4-5H2,1H3. The number of benzene rings is 1. The van der Waals surface area contributed by atoms with E-state index < -0.39 is 5.92 Å². The number of nitrogens with one attached hydrogen (secondary N) is 1. The fourth-order valence-corrected chi connectivity index (χ4v) is 1.62. The molecular weight excluding hydrogens is 220 g/mol. The molecule has 1 aromatic carbocycles. The van der Waals surface area contributed by atoms with Crippen molar-refractivity contribution in [3.63, 3.8) is 0 Å². The van der Waals surface area contributed by atoms with Crippen molar-refractivity contribution in [3.05, 3.63) is 23.3 Å². The molecule has 1 aliphatic heterocycles. The fourth-order valence-electron chi connectivity index (χ4n) is 1.62. The molecule has 0 radical (unpaired) electrons. The average molecular weight is 231 g/mol. The van der Waals surface area contributed by atoms with Crippen LogP contribution in [0, 0.1) is 0 Å². The van der Waals surface area contributed by atoms with Gasteiger partial charge in [0.2, 0.25) is 6.79 Å². The molecule has 6 heteroatoms. The number of halogens is 2. The molecule has 0 unspecified atom stereocenters. The predicted octanol–water partition coefficient (Wildman–Crippen LogP) is 2.01. The molecule has 0 saturated heterocycles. The van der Waals surface area contributed by atoms with E-state index in [1.165, 1.54) is 12.1 Å². The highest BCUT2D eigenvalue weighted by atomic mass is 19.3. The van der Waals surface area contributed by atoms with Crippen LogP contribution >= 0.6 is 0 Å². The largest absolute Gasteiger partial charge is 0.454 e. The molecule has 0 fully saturated rings. The molecule has 16 heavy (non-hydrogen) atoms. The fraction of sp³-hybridized carbons (Fsp3) is 0.400. The lowest BCUT2D eigenvalue weighted by atomic mass is 10.0. The van der Waals surface area contributed by atoms with Gasteiger partial charge in [0.05, 0.1) is 0 Å². The van der Waals surface area contributed by atoms with E-state index in [4.69, 9.17) is 14.7 Å². The number of alkyl halides is 2. The summed E-state index contributed by atoms with van der Waals surface area (Å²) in [6.07, 6.45) is 0. The topological polar surface area (TPSA) is 50.7 Å². The zero-order chi connectivity index (χ0) is 11.8. The highest BCUT2D eigenvalue weighted by molar-refractivity contribution is 5.49. The molecule has 1 heterocycles. The molecule has 0 bridgehead atoms. The Morgan fingerprint density at radius 3 is 2.56 bits per heavy atom. The molecule has 1 aromatic rings. The normalized spacial score (nSPS) is 14.2. The van der Waals surface area contributed by atoms with Gasteiger partial charge < -0.3 is 14.7 Å². The third kappa shape index (κ3) is 1.94. The summed E-state index contributed by atoms with van der Waals surface area (Å²) in [7, 11) is 0. The molecule has 0 aromatic heterocycles. The van der Waals surface area contributed by atoms with Gasteiger partial charge >= 0.3 is 0 Å². The lowest BCUT2D eigenvalue weighted by Gasteiger charge is -2.16. The minimum absolute atomic E-state index is 0.0278. The van der Waals surface area contributed by atoms with E-state index in [-0.39, 0.29) is 24.5 Å². The first-order chi connectivity index (χ1) is 7.52. The van der Waals surface area contributed by atoms with Crippen molar-refractivity contribution in [2.75, 3.05) is 6.79 Å². The number of ether oxygens (including phenoxy) is 2. The van der Waals surface area contributed by atoms with Crippen LogP contribution in [0.15, 0.2) is 12.1 Å². The SMILES string of the molecule is CC(F)(F)c1cc2c(cc1CNO)OCO2. The molecule has 0 atom stereocenters. The Balaban J connectivity index is 2.49. The van der Waals surface area contributed by atoms with Gasteiger partial charge in [-0.3, -0.25) is 0 Å². The summed E-state index contributed by atoms with van der Waals surface area (Å²) in [5.41, 5.74) is 1.95. The maximum absolute atomic E-state index is 13.3. The molecule has 88 valence electrons. The Labute approximate surface area is 90.7 Å². The van der Waals surface area contributed by atoms with Crippen LogP contribution in [0.3, 0.4) is 0 Å². The van der Waals surface area contributed by atoms with Crippen LogP contribution in [-0.4, -0.2) is 12.0 Å². The summed E-state index contributed by atoms with van der Waals surface area (Å²) in [6, 6.07) is 2.69. The van der Waals surface area contributed by atoms with Crippen molar-refractivity contribution >= 4 is 0 Å². The minimum Gasteiger partial charge on any atom is -0.454 e. The number of hydroxylamine groups is 1. The van der Waals surface area contributed by atoms with Gasteiger partial charge in [-0.25, -0.2) is 14.3 Å². The summed E-state index contributed by atoms with van der Waals surface area (Å²) >= 11 is 0. The van der Waals surface area contributed by atoms with Gasteiger partial charge in [0.15, 0.2) is 11.5 Å². The van der Waals surface area contributed by atoms with E-state index in [0.29, 0.717) is 11.5 Å². The Kier molecular flexibility index (Phi) is 2.69. The Morgan fingerprint density at radius 1 is 1.38 bits per heavy atom. The molecule has 4 nitrogen and oxygen atoms in total. The molecular formula is C10H11F2NO3. The maximum atomic E-state index is 13.3. The highest BCUT2D eigenvalue weighted by Gasteiger charge is 2.30. The monoisotopic (exact) mass is 231 g/mol. The number of hydrogen-bond acceptors (Lipinski definition) is 4. The van der Waals surface area contributed by atoms with Crippen LogP contribution in [-0.2, 0) is 12.5 Å². The zero-order valence-corrected chi connectivity index (χ0v) is 8.59. The number of fused-ring (bicyclic) bond motifs is 1. The van der Waals surface area contributed by atoms with Crippen LogP contribution in [0.25, 0.3) is 0 Å². The zero-order valence-electron chi connectivity index (χ0n) is 8.59. The van der Waals surface area contributed by atoms with Crippen molar-refractivity contribution in [1.82, 2.24) is 5.48 Å². The van der Waals surface area contributed by atoms with Gasteiger partial charge in [0, 0.05) is 19.0 Å². The Bertz CT molecular complexity index is 404. The first kappa shape index (κ1) is 11.1. The first-order valence-corrected chi connectivity index (χ1v) is 4.70. The minimum atomic E-state index is -2.99. The van der Waals surface area contributed by atoms with E-state index in [2.05, 4.69) is 0 Å². The second kappa shape index (κ2) is 3.88. The van der Waals surface area contributed by atoms with Crippen molar-refractivity contribution in [2.45, 2.75) is 19.4 Å². The Morgan fingerprint density at radius 2 is 2.00 bits per heavy atom. The van der Waals surface area contributed by atoms with Crippen molar-refractivity contribution in [1.29, 1.82) is 0 Å². The molecule has 0 aliphatic carbocycles. The summed E-state index contributed by atoms with van der Waals surface area (Å²) in [4.78, 5) is 0. The number of hydrogen-bond donors (Lipinski definition) is 2. The molecule has 2 N–H and O–H groups in total. The lowest BCUT2D eigenvalue weighted by molar-refractivity contribution is 0.0156. The van der Waals surface area contributed by atoms with Crippen molar-refractivity contribution in [3.8, 4) is 11.5 Å². The quantitative estimate of drug-likeness (QED) is 0.781. The molecule has 0 saturated carbocycles. The van der Waals surface area contributed by atoms with Gasteiger partial charge in [-0.1, -0.05) is 0 Å². The average Bonchev–Trinajstić information content (AvgIpc) is 2.62. The predicted molar refractivity (Wildman–Crippen MR) is 50.8 cm³/mol. The van der Waals surface area contributed by atoms with Crippen LogP contribution in [0.1, 0.15) is 18.1 Å². The molecule has 0 spiro atoms. The number of rotatable bonds is 3. The molecule has 2 rings (SSSR count). The van der Waals surface area contributed by atoms with Gasteiger partial charge in [0.25, 0.3) is 5.92 Å². The third-order valence-electron chi connectivity index (χ3n) is 2.34. The van der Waals surface area contributed by atoms with E-state index in [0.717, 1.165) is 6.92 Å². The van der Waals surface area contributed by atoms with Gasteiger partial charge in [-0.2, -0.15) is 0 Å². The highest BCUT2D eigenvalue weighted by Crippen LogP contribution is 2.40. The second-order valence-corrected chi connectivity index (χ2v) is 3.59. The van der Waals surface area contributed by atoms with E-state index in [9.17, 15) is 8.78 Å². The van der Waals surface area contributed by atoms with Crippen LogP contribution < -0.4 is 15.0 Å². The van der Waals surface area contributed by atoms with Gasteiger partial charge in [-0.05, 0) is 17.7 Å². The summed E-state index contributed by atoms with van der Waals surface area (Å²) in [6.45, 7) is 0.751.